The van der Waals surface area contributed by atoms with E-state index in [0.717, 1.165) is 8.68 Å². The Morgan fingerprint density at radius 3 is 2.75 bits per heavy atom. The Morgan fingerprint density at radius 1 is 1.38 bits per heavy atom. The molecule has 0 atom stereocenters. The third kappa shape index (κ3) is 2.79. The second-order valence-electron chi connectivity index (χ2n) is 2.69. The van der Waals surface area contributed by atoms with E-state index in [2.05, 4.69) is 15.2 Å². The first-order valence-electron chi connectivity index (χ1n) is 4.15. The molecular formula is C8H7ClN4S3. The minimum atomic E-state index is 0.531. The van der Waals surface area contributed by atoms with Crippen LogP contribution in [-0.4, -0.2) is 21.4 Å². The van der Waals surface area contributed by atoms with Crippen molar-refractivity contribution < 1.29 is 0 Å². The van der Waals surface area contributed by atoms with E-state index in [0.29, 0.717) is 15.7 Å². The van der Waals surface area contributed by atoms with Crippen LogP contribution in [0.25, 0.3) is 0 Å². The lowest BCUT2D eigenvalue weighted by Gasteiger charge is -2.00. The molecule has 0 aliphatic carbocycles. The minimum absolute atomic E-state index is 0.531. The fraction of sp³-hybridized carbons (Fsp3) is 0.125. The Bertz CT molecular complexity index is 502. The topological polar surface area (TPSA) is 64.7 Å². The normalized spacial score (nSPS) is 10.6. The number of hydrogen-bond acceptors (Lipinski definition) is 7. The summed E-state index contributed by atoms with van der Waals surface area (Å²) in [6.45, 7) is 0. The summed E-state index contributed by atoms with van der Waals surface area (Å²) in [4.78, 5) is 4.15. The largest absolute Gasteiger partial charge is 0.396 e. The lowest BCUT2D eigenvalue weighted by atomic mass is 10.4. The first-order valence-corrected chi connectivity index (χ1v) is 7.39. The van der Waals surface area contributed by atoms with Gasteiger partial charge in [0.05, 0.1) is 10.7 Å². The van der Waals surface area contributed by atoms with Crippen LogP contribution in [0.4, 0.5) is 5.69 Å². The van der Waals surface area contributed by atoms with Gasteiger partial charge in [0, 0.05) is 6.20 Å². The monoisotopic (exact) mass is 290 g/mol. The zero-order valence-corrected chi connectivity index (χ0v) is 11.4. The molecule has 4 nitrogen and oxygen atoms in total. The van der Waals surface area contributed by atoms with E-state index in [-0.39, 0.29) is 0 Å². The van der Waals surface area contributed by atoms with Gasteiger partial charge in [0.15, 0.2) is 8.68 Å². The van der Waals surface area contributed by atoms with Crippen LogP contribution >= 0.6 is 46.5 Å². The van der Waals surface area contributed by atoms with Gasteiger partial charge < -0.3 is 5.73 Å². The second kappa shape index (κ2) is 5.22. The van der Waals surface area contributed by atoms with Crippen molar-refractivity contribution in [1.29, 1.82) is 0 Å². The molecular weight excluding hydrogens is 284 g/mol. The number of pyridine rings is 1. The Morgan fingerprint density at radius 2 is 2.12 bits per heavy atom. The third-order valence-electron chi connectivity index (χ3n) is 1.59. The van der Waals surface area contributed by atoms with E-state index in [1.54, 1.807) is 24.0 Å². The predicted octanol–water partition coefficient (Wildman–Crippen LogP) is 3.04. The van der Waals surface area contributed by atoms with Gasteiger partial charge >= 0.3 is 0 Å². The molecule has 2 aromatic heterocycles. The van der Waals surface area contributed by atoms with Crippen LogP contribution in [-0.2, 0) is 0 Å². The van der Waals surface area contributed by atoms with Crippen LogP contribution in [0.2, 0.25) is 5.02 Å². The second-order valence-corrected chi connectivity index (χ2v) is 6.39. The summed E-state index contributed by atoms with van der Waals surface area (Å²) >= 11 is 10.2. The van der Waals surface area contributed by atoms with E-state index in [1.807, 2.05) is 6.26 Å². The maximum atomic E-state index is 5.79. The first kappa shape index (κ1) is 12.0. The van der Waals surface area contributed by atoms with Crippen molar-refractivity contribution in [3.63, 3.8) is 0 Å². The Balaban J connectivity index is 2.20. The number of thioether (sulfide) groups is 1. The summed E-state index contributed by atoms with van der Waals surface area (Å²) in [6, 6.07) is 1.67. The van der Waals surface area contributed by atoms with Gasteiger partial charge in [-0.2, -0.15) is 0 Å². The Labute approximate surface area is 110 Å². The van der Waals surface area contributed by atoms with Crippen molar-refractivity contribution in [1.82, 2.24) is 15.2 Å². The van der Waals surface area contributed by atoms with Gasteiger partial charge in [-0.1, -0.05) is 34.7 Å². The summed E-state index contributed by atoms with van der Waals surface area (Å²) in [6.07, 6.45) is 3.53. The molecule has 0 fully saturated rings. The van der Waals surface area contributed by atoms with Crippen molar-refractivity contribution in [3.05, 3.63) is 17.3 Å². The van der Waals surface area contributed by atoms with Gasteiger partial charge in [-0.15, -0.1) is 10.2 Å². The van der Waals surface area contributed by atoms with E-state index >= 15 is 0 Å². The molecule has 0 aliphatic heterocycles. The quantitative estimate of drug-likeness (QED) is 0.877. The summed E-state index contributed by atoms with van der Waals surface area (Å²) in [5, 5.41) is 9.26. The zero-order valence-electron chi connectivity index (χ0n) is 8.18. The van der Waals surface area contributed by atoms with Gasteiger partial charge in [-0.25, -0.2) is 4.98 Å². The molecule has 0 amide bonds. The lowest BCUT2D eigenvalue weighted by Crippen LogP contribution is -1.91. The minimum Gasteiger partial charge on any atom is -0.396 e. The van der Waals surface area contributed by atoms with Crippen LogP contribution in [0, 0.1) is 0 Å². The average Bonchev–Trinajstić information content (AvgIpc) is 2.70. The Kier molecular flexibility index (Phi) is 3.91. The highest BCUT2D eigenvalue weighted by Gasteiger charge is 2.09. The molecule has 2 heterocycles. The van der Waals surface area contributed by atoms with Gasteiger partial charge in [-0.3, -0.25) is 0 Å². The SMILES string of the molecule is CSc1nnc(Sc2ncc(Cl)cc2N)s1. The van der Waals surface area contributed by atoms with Crippen molar-refractivity contribution in [2.75, 3.05) is 12.0 Å². The van der Waals surface area contributed by atoms with Crippen LogP contribution in [0.5, 0.6) is 0 Å². The van der Waals surface area contributed by atoms with Crippen LogP contribution in [0.1, 0.15) is 0 Å². The zero-order chi connectivity index (χ0) is 11.5. The van der Waals surface area contributed by atoms with Crippen molar-refractivity contribution >= 4 is 52.1 Å². The number of nitrogens with zero attached hydrogens (tertiary/aromatic N) is 3. The molecule has 0 radical (unpaired) electrons. The molecule has 16 heavy (non-hydrogen) atoms. The van der Waals surface area contributed by atoms with E-state index in [1.165, 1.54) is 23.1 Å². The molecule has 0 saturated carbocycles. The number of aromatic nitrogens is 3. The molecule has 0 spiro atoms. The standard InChI is InChI=1S/C8H7ClN4S3/c1-14-7-12-13-8(16-7)15-6-5(10)2-4(9)3-11-6/h2-3H,10H2,1H3. The average molecular weight is 291 g/mol. The summed E-state index contributed by atoms with van der Waals surface area (Å²) in [5.41, 5.74) is 6.35. The molecule has 2 N–H and O–H groups in total. The Hall–Kier alpha value is -0.500. The van der Waals surface area contributed by atoms with Crippen LogP contribution in [0.15, 0.2) is 26.0 Å². The fourth-order valence-corrected chi connectivity index (χ4v) is 3.43. The summed E-state index contributed by atoms with van der Waals surface area (Å²) in [5.74, 6) is 0. The molecule has 0 unspecified atom stereocenters. The van der Waals surface area contributed by atoms with E-state index in [4.69, 9.17) is 17.3 Å². The van der Waals surface area contributed by atoms with Crippen molar-refractivity contribution in [3.8, 4) is 0 Å². The van der Waals surface area contributed by atoms with E-state index < -0.39 is 0 Å². The lowest BCUT2D eigenvalue weighted by molar-refractivity contribution is 0.954. The highest BCUT2D eigenvalue weighted by atomic mass is 35.5. The molecule has 8 heteroatoms. The predicted molar refractivity (Wildman–Crippen MR) is 69.5 cm³/mol. The number of anilines is 1. The molecule has 84 valence electrons. The molecule has 0 saturated heterocycles. The highest BCUT2D eigenvalue weighted by Crippen LogP contribution is 2.34. The number of hydrogen-bond donors (Lipinski definition) is 1. The number of halogens is 1. The van der Waals surface area contributed by atoms with Crippen molar-refractivity contribution in [2.45, 2.75) is 13.7 Å². The highest BCUT2D eigenvalue weighted by molar-refractivity contribution is 8.03. The molecule has 0 aliphatic rings. The van der Waals surface area contributed by atoms with Crippen molar-refractivity contribution in [2.24, 2.45) is 0 Å². The smallest absolute Gasteiger partial charge is 0.181 e. The van der Waals surface area contributed by atoms with Gasteiger partial charge in [-0.05, 0) is 24.1 Å². The van der Waals surface area contributed by atoms with Gasteiger partial charge in [0.2, 0.25) is 0 Å². The number of nitrogen functional groups attached to an aromatic ring is 1. The van der Waals surface area contributed by atoms with Crippen LogP contribution in [0.3, 0.4) is 0 Å². The first-order chi connectivity index (χ1) is 7.69. The number of nitrogens with two attached hydrogens (primary N) is 1. The maximum Gasteiger partial charge on any atom is 0.181 e. The third-order valence-corrected chi connectivity index (χ3v) is 4.78. The van der Waals surface area contributed by atoms with E-state index in [9.17, 15) is 0 Å². The molecule has 2 aromatic rings. The molecule has 0 aromatic carbocycles. The molecule has 0 bridgehead atoms. The summed E-state index contributed by atoms with van der Waals surface area (Å²) < 4.78 is 1.75. The number of rotatable bonds is 3. The molecule has 2 rings (SSSR count). The summed E-state index contributed by atoms with van der Waals surface area (Å²) in [7, 11) is 0. The van der Waals surface area contributed by atoms with Gasteiger partial charge in [0.25, 0.3) is 0 Å². The maximum absolute atomic E-state index is 5.79. The van der Waals surface area contributed by atoms with Crippen LogP contribution < -0.4 is 5.73 Å². The van der Waals surface area contributed by atoms with Gasteiger partial charge in [0.1, 0.15) is 5.03 Å². The fourth-order valence-electron chi connectivity index (χ4n) is 0.931.